The molecule has 0 aromatic heterocycles. The predicted molar refractivity (Wildman–Crippen MR) is 76.8 cm³/mol. The Morgan fingerprint density at radius 2 is 1.63 bits per heavy atom. The first-order chi connectivity index (χ1) is 9.08. The average Bonchev–Trinajstić information content (AvgIpc) is 2.36. The van der Waals surface area contributed by atoms with Crippen molar-refractivity contribution in [2.45, 2.75) is 27.4 Å². The van der Waals surface area contributed by atoms with Crippen molar-refractivity contribution in [3.63, 3.8) is 0 Å². The summed E-state index contributed by atoms with van der Waals surface area (Å²) in [5.41, 5.74) is 5.22. The van der Waals surface area contributed by atoms with Gasteiger partial charge in [0.1, 0.15) is 12.4 Å². The van der Waals surface area contributed by atoms with Crippen LogP contribution in [-0.2, 0) is 6.61 Å². The Morgan fingerprint density at radius 3 is 2.26 bits per heavy atom. The standard InChI is InChI=1S/C17H18O2/c1-12-4-5-17(16(9-12)10-18)19-11-15-7-13(2)6-14(3)8-15/h4-10H,11H2,1-3H3. The van der Waals surface area contributed by atoms with E-state index in [-0.39, 0.29) is 0 Å². The molecule has 0 unspecified atom stereocenters. The Hall–Kier alpha value is -2.09. The van der Waals surface area contributed by atoms with Crippen molar-refractivity contribution in [2.75, 3.05) is 0 Å². The number of carbonyl (C=O) groups excluding carboxylic acids is 1. The lowest BCUT2D eigenvalue weighted by Crippen LogP contribution is -1.99. The molecule has 0 aliphatic rings. The lowest BCUT2D eigenvalue weighted by atomic mass is 10.1. The minimum Gasteiger partial charge on any atom is -0.488 e. The van der Waals surface area contributed by atoms with Crippen molar-refractivity contribution in [2.24, 2.45) is 0 Å². The number of benzene rings is 2. The van der Waals surface area contributed by atoms with Crippen molar-refractivity contribution >= 4 is 6.29 Å². The number of aryl methyl sites for hydroxylation is 3. The van der Waals surface area contributed by atoms with E-state index >= 15 is 0 Å². The normalized spacial score (nSPS) is 10.3. The summed E-state index contributed by atoms with van der Waals surface area (Å²) in [5.74, 6) is 0.639. The topological polar surface area (TPSA) is 26.3 Å². The fraction of sp³-hybridized carbons (Fsp3) is 0.235. The number of hydrogen-bond donors (Lipinski definition) is 0. The molecule has 0 heterocycles. The Morgan fingerprint density at radius 1 is 0.947 bits per heavy atom. The first-order valence-electron chi connectivity index (χ1n) is 6.34. The summed E-state index contributed by atoms with van der Waals surface area (Å²) in [6.07, 6.45) is 0.837. The van der Waals surface area contributed by atoms with E-state index in [4.69, 9.17) is 4.74 Å². The largest absolute Gasteiger partial charge is 0.488 e. The zero-order chi connectivity index (χ0) is 13.8. The molecular weight excluding hydrogens is 236 g/mol. The first-order valence-corrected chi connectivity index (χ1v) is 6.34. The SMILES string of the molecule is Cc1cc(C)cc(COc2ccc(C)cc2C=O)c1. The molecule has 2 nitrogen and oxygen atoms in total. The van der Waals surface area contributed by atoms with Crippen molar-refractivity contribution < 1.29 is 9.53 Å². The highest BCUT2D eigenvalue weighted by Crippen LogP contribution is 2.20. The zero-order valence-electron chi connectivity index (χ0n) is 11.6. The third-order valence-electron chi connectivity index (χ3n) is 2.97. The molecular formula is C17H18O2. The molecule has 0 N–H and O–H groups in total. The van der Waals surface area contributed by atoms with Gasteiger partial charge >= 0.3 is 0 Å². The highest BCUT2D eigenvalue weighted by Gasteiger charge is 2.04. The molecule has 2 aromatic rings. The molecule has 0 aliphatic heterocycles. The molecule has 2 aromatic carbocycles. The molecule has 19 heavy (non-hydrogen) atoms. The molecule has 0 saturated heterocycles. The Kier molecular flexibility index (Phi) is 4.00. The molecule has 0 amide bonds. The van der Waals surface area contributed by atoms with Crippen LogP contribution in [0.2, 0.25) is 0 Å². The summed E-state index contributed by atoms with van der Waals surface area (Å²) in [4.78, 5) is 11.0. The van der Waals surface area contributed by atoms with Crippen LogP contribution in [0.1, 0.15) is 32.6 Å². The van der Waals surface area contributed by atoms with E-state index in [1.165, 1.54) is 11.1 Å². The molecule has 98 valence electrons. The molecule has 2 heteroatoms. The van der Waals surface area contributed by atoms with Crippen LogP contribution in [0.5, 0.6) is 5.75 Å². The number of ether oxygens (including phenoxy) is 1. The summed E-state index contributed by atoms with van der Waals surface area (Å²) < 4.78 is 5.75. The Bertz CT molecular complexity index is 580. The summed E-state index contributed by atoms with van der Waals surface area (Å²) >= 11 is 0. The van der Waals surface area contributed by atoms with E-state index in [2.05, 4.69) is 32.0 Å². The van der Waals surface area contributed by atoms with Gasteiger partial charge in [-0.15, -0.1) is 0 Å². The van der Waals surface area contributed by atoms with E-state index in [0.717, 1.165) is 17.4 Å². The molecule has 0 aliphatic carbocycles. The van der Waals surface area contributed by atoms with Crippen LogP contribution in [0.15, 0.2) is 36.4 Å². The minimum absolute atomic E-state index is 0.479. The fourth-order valence-corrected chi connectivity index (χ4v) is 2.20. The molecule has 2 rings (SSSR count). The number of hydrogen-bond acceptors (Lipinski definition) is 2. The monoisotopic (exact) mass is 254 g/mol. The van der Waals surface area contributed by atoms with Gasteiger partial charge in [0, 0.05) is 0 Å². The van der Waals surface area contributed by atoms with Crippen molar-refractivity contribution in [3.8, 4) is 5.75 Å². The first kappa shape index (κ1) is 13.3. The maximum atomic E-state index is 11.0. The Labute approximate surface area is 114 Å². The molecule has 0 saturated carbocycles. The average molecular weight is 254 g/mol. The third kappa shape index (κ3) is 3.44. The van der Waals surface area contributed by atoms with Crippen LogP contribution in [0.25, 0.3) is 0 Å². The van der Waals surface area contributed by atoms with Gasteiger partial charge in [0.25, 0.3) is 0 Å². The number of carbonyl (C=O) groups is 1. The van der Waals surface area contributed by atoms with Crippen LogP contribution in [0, 0.1) is 20.8 Å². The lowest BCUT2D eigenvalue weighted by molar-refractivity contribution is 0.111. The van der Waals surface area contributed by atoms with Crippen LogP contribution >= 0.6 is 0 Å². The van der Waals surface area contributed by atoms with E-state index in [1.54, 1.807) is 0 Å². The second-order valence-corrected chi connectivity index (χ2v) is 4.94. The summed E-state index contributed by atoms with van der Waals surface area (Å²) in [7, 11) is 0. The molecule has 0 radical (unpaired) electrons. The fourth-order valence-electron chi connectivity index (χ4n) is 2.20. The number of rotatable bonds is 4. The maximum absolute atomic E-state index is 11.0. The highest BCUT2D eigenvalue weighted by molar-refractivity contribution is 5.79. The quantitative estimate of drug-likeness (QED) is 0.771. The molecule has 0 fully saturated rings. The van der Waals surface area contributed by atoms with Crippen LogP contribution in [-0.4, -0.2) is 6.29 Å². The van der Waals surface area contributed by atoms with Crippen LogP contribution in [0.3, 0.4) is 0 Å². The maximum Gasteiger partial charge on any atom is 0.153 e. The van der Waals surface area contributed by atoms with Crippen molar-refractivity contribution in [3.05, 3.63) is 64.2 Å². The highest BCUT2D eigenvalue weighted by atomic mass is 16.5. The van der Waals surface area contributed by atoms with Gasteiger partial charge in [0.2, 0.25) is 0 Å². The van der Waals surface area contributed by atoms with E-state index in [0.29, 0.717) is 17.9 Å². The van der Waals surface area contributed by atoms with Gasteiger partial charge in [-0.25, -0.2) is 0 Å². The van der Waals surface area contributed by atoms with E-state index in [1.807, 2.05) is 25.1 Å². The van der Waals surface area contributed by atoms with Gasteiger partial charge in [-0.1, -0.05) is 41.0 Å². The molecule has 0 spiro atoms. The van der Waals surface area contributed by atoms with Gasteiger partial charge in [-0.3, -0.25) is 4.79 Å². The second-order valence-electron chi connectivity index (χ2n) is 4.94. The van der Waals surface area contributed by atoms with Crippen molar-refractivity contribution in [1.29, 1.82) is 0 Å². The Balaban J connectivity index is 2.16. The van der Waals surface area contributed by atoms with Crippen molar-refractivity contribution in [1.82, 2.24) is 0 Å². The smallest absolute Gasteiger partial charge is 0.153 e. The zero-order valence-corrected chi connectivity index (χ0v) is 11.6. The van der Waals surface area contributed by atoms with E-state index < -0.39 is 0 Å². The third-order valence-corrected chi connectivity index (χ3v) is 2.97. The molecule has 0 atom stereocenters. The van der Waals surface area contributed by atoms with Gasteiger partial charge in [-0.2, -0.15) is 0 Å². The summed E-state index contributed by atoms with van der Waals surface area (Å²) in [6.45, 7) is 6.57. The minimum atomic E-state index is 0.479. The van der Waals surface area contributed by atoms with Gasteiger partial charge < -0.3 is 4.74 Å². The molecule has 0 bridgehead atoms. The van der Waals surface area contributed by atoms with Crippen LogP contribution in [0.4, 0.5) is 0 Å². The van der Waals surface area contributed by atoms with E-state index in [9.17, 15) is 4.79 Å². The van der Waals surface area contributed by atoms with Gasteiger partial charge in [-0.05, 0) is 38.5 Å². The lowest BCUT2D eigenvalue weighted by Gasteiger charge is -2.10. The van der Waals surface area contributed by atoms with Gasteiger partial charge in [0.15, 0.2) is 6.29 Å². The van der Waals surface area contributed by atoms with Gasteiger partial charge in [0.05, 0.1) is 5.56 Å². The number of aldehydes is 1. The summed E-state index contributed by atoms with van der Waals surface area (Å²) in [6, 6.07) is 12.0. The van der Waals surface area contributed by atoms with Crippen LogP contribution < -0.4 is 4.74 Å². The summed E-state index contributed by atoms with van der Waals surface area (Å²) in [5, 5.41) is 0. The predicted octanol–water partition coefficient (Wildman–Crippen LogP) is 4.00. The second kappa shape index (κ2) is 5.70.